The summed E-state index contributed by atoms with van der Waals surface area (Å²) in [6.07, 6.45) is 0. The number of aryl methyl sites for hydroxylation is 6. The van der Waals surface area contributed by atoms with Crippen LogP contribution in [-0.4, -0.2) is 49.2 Å². The van der Waals surface area contributed by atoms with Crippen molar-refractivity contribution in [1.29, 1.82) is 0 Å². The predicted octanol–water partition coefficient (Wildman–Crippen LogP) is 7.16. The topological polar surface area (TPSA) is 160 Å². The van der Waals surface area contributed by atoms with Gasteiger partial charge in [-0.15, -0.1) is 0 Å². The Hall–Kier alpha value is -5.33. The summed E-state index contributed by atoms with van der Waals surface area (Å²) in [5, 5.41) is 0. The Balaban J connectivity index is 1.92. The molecular formula is C39H40O11S. The van der Waals surface area contributed by atoms with E-state index in [1.165, 1.54) is 0 Å². The van der Waals surface area contributed by atoms with Crippen molar-refractivity contribution in [2.45, 2.75) is 62.3 Å². The maximum absolute atomic E-state index is 13.7. The van der Waals surface area contributed by atoms with E-state index in [1.807, 2.05) is 45.9 Å². The summed E-state index contributed by atoms with van der Waals surface area (Å²) in [4.78, 5) is 54.6. The fraction of sp³-hybridized carbons (Fsp3) is 0.282. The predicted molar refractivity (Wildman–Crippen MR) is 190 cm³/mol. The van der Waals surface area contributed by atoms with E-state index < -0.39 is 63.4 Å². The van der Waals surface area contributed by atoms with Gasteiger partial charge in [-0.1, -0.05) is 18.2 Å². The van der Waals surface area contributed by atoms with Crippen molar-refractivity contribution in [3.63, 3.8) is 0 Å². The Morgan fingerprint density at radius 3 is 1.24 bits per heavy atom. The van der Waals surface area contributed by atoms with Gasteiger partial charge in [0.15, 0.2) is 11.5 Å². The van der Waals surface area contributed by atoms with Crippen molar-refractivity contribution < 1.29 is 51.1 Å². The van der Waals surface area contributed by atoms with Crippen molar-refractivity contribution in [3.05, 3.63) is 121 Å². The molecule has 0 fully saturated rings. The van der Waals surface area contributed by atoms with Crippen LogP contribution >= 0.6 is 0 Å². The van der Waals surface area contributed by atoms with Crippen molar-refractivity contribution in [3.8, 4) is 17.2 Å². The molecule has 0 saturated heterocycles. The molecule has 1 N–H and O–H groups in total. The Labute approximate surface area is 297 Å². The smallest absolute Gasteiger partial charge is 0.345 e. The van der Waals surface area contributed by atoms with Crippen LogP contribution in [0.15, 0.2) is 48.5 Å². The van der Waals surface area contributed by atoms with E-state index in [1.54, 1.807) is 52.8 Å². The highest BCUT2D eigenvalue weighted by Crippen LogP contribution is 2.37. The molecule has 0 bridgehead atoms. The van der Waals surface area contributed by atoms with Crippen LogP contribution in [0.4, 0.5) is 0 Å². The molecule has 0 aliphatic carbocycles. The summed E-state index contributed by atoms with van der Waals surface area (Å²) >= 11 is 0. The number of carbonyl (C=O) groups excluding carboxylic acids is 4. The first kappa shape index (κ1) is 38.5. The molecule has 4 aromatic carbocycles. The lowest BCUT2D eigenvalue weighted by Crippen LogP contribution is -2.20. The summed E-state index contributed by atoms with van der Waals surface area (Å²) in [6, 6.07) is 12.7. The van der Waals surface area contributed by atoms with Gasteiger partial charge in [-0.25, -0.2) is 19.2 Å². The standard InChI is InChI=1S/C39H40O11S/c1-20-12-23(4)26(7)30(15-20)36(40)48-29-18-33(49-37(41)31-16-21(2)13-24(5)27(31)8)35(39(43)47-10-11-51(44,45)46)34(19-29)50-38(42)32-17-22(3)14-25(6)28(32)9/h12-19H,10-11H2,1-9H3,(H,44,45,46). The summed E-state index contributed by atoms with van der Waals surface area (Å²) < 4.78 is 54.4. The molecule has 268 valence electrons. The molecule has 12 heteroatoms. The molecule has 0 aliphatic rings. The first-order valence-corrected chi connectivity index (χ1v) is 17.6. The second-order valence-electron chi connectivity index (χ2n) is 12.6. The molecule has 51 heavy (non-hydrogen) atoms. The van der Waals surface area contributed by atoms with Crippen LogP contribution in [0, 0.1) is 62.3 Å². The summed E-state index contributed by atoms with van der Waals surface area (Å²) in [6.45, 7) is 15.3. The Morgan fingerprint density at radius 2 is 0.882 bits per heavy atom. The van der Waals surface area contributed by atoms with E-state index in [2.05, 4.69) is 0 Å². The average Bonchev–Trinajstić information content (AvgIpc) is 3.01. The molecule has 4 rings (SSSR count). The third kappa shape index (κ3) is 9.27. The zero-order valence-electron chi connectivity index (χ0n) is 30.0. The molecule has 0 spiro atoms. The molecule has 0 saturated carbocycles. The van der Waals surface area contributed by atoms with E-state index in [4.69, 9.17) is 18.9 Å². The highest BCUT2D eigenvalue weighted by atomic mass is 32.2. The van der Waals surface area contributed by atoms with Crippen LogP contribution in [0.25, 0.3) is 0 Å². The van der Waals surface area contributed by atoms with E-state index in [0.717, 1.165) is 45.5 Å². The van der Waals surface area contributed by atoms with E-state index >= 15 is 0 Å². The van der Waals surface area contributed by atoms with Crippen LogP contribution < -0.4 is 14.2 Å². The Kier molecular flexibility index (Phi) is 11.5. The third-order valence-corrected chi connectivity index (χ3v) is 9.21. The van der Waals surface area contributed by atoms with Gasteiger partial charge in [0.2, 0.25) is 0 Å². The zero-order valence-corrected chi connectivity index (χ0v) is 30.8. The summed E-state index contributed by atoms with van der Waals surface area (Å²) in [5.74, 6) is -5.97. The highest BCUT2D eigenvalue weighted by Gasteiger charge is 2.29. The lowest BCUT2D eigenvalue weighted by atomic mass is 10.00. The molecule has 11 nitrogen and oxygen atoms in total. The van der Waals surface area contributed by atoms with Crippen molar-refractivity contribution in [2.24, 2.45) is 0 Å². The minimum Gasteiger partial charge on any atom is -0.461 e. The van der Waals surface area contributed by atoms with Gasteiger partial charge in [0.1, 0.15) is 23.7 Å². The van der Waals surface area contributed by atoms with Gasteiger partial charge in [-0.3, -0.25) is 4.55 Å². The van der Waals surface area contributed by atoms with E-state index in [0.29, 0.717) is 16.7 Å². The molecule has 4 aromatic rings. The van der Waals surface area contributed by atoms with Crippen LogP contribution in [0.1, 0.15) is 91.5 Å². The second-order valence-corrected chi connectivity index (χ2v) is 14.2. The van der Waals surface area contributed by atoms with E-state index in [-0.39, 0.29) is 22.4 Å². The van der Waals surface area contributed by atoms with Gasteiger partial charge in [-0.05, 0) is 131 Å². The number of esters is 4. The maximum atomic E-state index is 13.7. The summed E-state index contributed by atoms with van der Waals surface area (Å²) in [5.41, 5.74) is 6.71. The highest BCUT2D eigenvalue weighted by molar-refractivity contribution is 7.85. The van der Waals surface area contributed by atoms with Crippen molar-refractivity contribution in [1.82, 2.24) is 0 Å². The molecule has 0 unspecified atom stereocenters. The van der Waals surface area contributed by atoms with Crippen LogP contribution in [0.2, 0.25) is 0 Å². The van der Waals surface area contributed by atoms with Crippen LogP contribution in [0.3, 0.4) is 0 Å². The summed E-state index contributed by atoms with van der Waals surface area (Å²) in [7, 11) is -4.52. The van der Waals surface area contributed by atoms with Gasteiger partial charge in [0.05, 0.1) is 16.7 Å². The van der Waals surface area contributed by atoms with Gasteiger partial charge < -0.3 is 18.9 Å². The minimum atomic E-state index is -4.52. The molecule has 0 aromatic heterocycles. The first-order chi connectivity index (χ1) is 23.7. The molecule has 0 radical (unpaired) electrons. The fourth-order valence-electron chi connectivity index (χ4n) is 5.53. The third-order valence-electron chi connectivity index (χ3n) is 8.53. The monoisotopic (exact) mass is 716 g/mol. The molecule has 0 heterocycles. The number of benzene rings is 4. The zero-order chi connectivity index (χ0) is 37.9. The molecule has 0 amide bonds. The number of rotatable bonds is 10. The normalized spacial score (nSPS) is 11.2. The first-order valence-electron chi connectivity index (χ1n) is 16.0. The average molecular weight is 717 g/mol. The lowest BCUT2D eigenvalue weighted by molar-refractivity contribution is 0.0516. The minimum absolute atomic E-state index is 0.177. The number of carbonyl (C=O) groups is 4. The maximum Gasteiger partial charge on any atom is 0.345 e. The number of ether oxygens (including phenoxy) is 4. The van der Waals surface area contributed by atoms with Gasteiger partial charge >= 0.3 is 23.9 Å². The quantitative estimate of drug-likeness (QED) is 0.101. The SMILES string of the molecule is Cc1cc(C)c(C)c(C(=O)Oc2cc(OC(=O)c3cc(C)cc(C)c3C)c(C(=O)OCCS(=O)(=O)O)c(OC(=O)c3cc(C)cc(C)c3C)c2)c1. The molecular weight excluding hydrogens is 676 g/mol. The van der Waals surface area contributed by atoms with Gasteiger partial charge in [0.25, 0.3) is 10.1 Å². The number of hydrogen-bond acceptors (Lipinski definition) is 10. The fourth-order valence-corrected chi connectivity index (χ4v) is 5.82. The largest absolute Gasteiger partial charge is 0.461 e. The van der Waals surface area contributed by atoms with Crippen LogP contribution in [-0.2, 0) is 14.9 Å². The Bertz CT molecular complexity index is 2100. The van der Waals surface area contributed by atoms with Crippen molar-refractivity contribution >= 4 is 34.0 Å². The Morgan fingerprint density at radius 1 is 0.529 bits per heavy atom. The second kappa shape index (κ2) is 15.3. The van der Waals surface area contributed by atoms with Gasteiger partial charge in [-0.2, -0.15) is 8.42 Å². The van der Waals surface area contributed by atoms with Crippen LogP contribution in [0.5, 0.6) is 17.2 Å². The number of hydrogen-bond donors (Lipinski definition) is 1. The molecule has 0 aliphatic heterocycles. The van der Waals surface area contributed by atoms with Gasteiger partial charge in [0, 0.05) is 12.1 Å². The van der Waals surface area contributed by atoms with Crippen molar-refractivity contribution in [2.75, 3.05) is 12.4 Å². The molecule has 0 atom stereocenters. The lowest BCUT2D eigenvalue weighted by Gasteiger charge is -2.18. The van der Waals surface area contributed by atoms with E-state index in [9.17, 15) is 32.1 Å².